The van der Waals surface area contributed by atoms with Gasteiger partial charge in [-0.3, -0.25) is 4.79 Å². The molecule has 0 N–H and O–H groups in total. The number of rotatable bonds is 3. The second kappa shape index (κ2) is 5.52. The third kappa shape index (κ3) is 4.61. The van der Waals surface area contributed by atoms with E-state index in [9.17, 15) is 4.79 Å². The molecule has 0 bridgehead atoms. The fourth-order valence-corrected chi connectivity index (χ4v) is 1.21. The Kier molecular flexibility index (Phi) is 4.32. The van der Waals surface area contributed by atoms with Crippen molar-refractivity contribution in [2.75, 3.05) is 0 Å². The fraction of sp³-hybridized carbons (Fsp3) is 0.154. The molecule has 15 heavy (non-hydrogen) atoms. The lowest BCUT2D eigenvalue weighted by molar-refractivity contribution is -0.110. The van der Waals surface area contributed by atoms with Gasteiger partial charge < -0.3 is 0 Å². The summed E-state index contributed by atoms with van der Waals surface area (Å²) in [4.78, 5) is 11.3. The molecule has 0 unspecified atom stereocenters. The van der Waals surface area contributed by atoms with E-state index in [1.807, 2.05) is 26.0 Å². The summed E-state index contributed by atoms with van der Waals surface area (Å²) in [5.41, 5.74) is 1.97. The van der Waals surface area contributed by atoms with Crippen LogP contribution in [0, 0.1) is 0 Å². The van der Waals surface area contributed by atoms with E-state index in [0.717, 1.165) is 11.1 Å². The second-order valence-corrected chi connectivity index (χ2v) is 3.95. The van der Waals surface area contributed by atoms with Crippen molar-refractivity contribution in [1.29, 1.82) is 0 Å². The molecule has 0 aliphatic rings. The fourth-order valence-electron chi connectivity index (χ4n) is 1.08. The lowest BCUT2D eigenvalue weighted by Gasteiger charge is -1.92. The lowest BCUT2D eigenvalue weighted by Crippen LogP contribution is -1.86. The van der Waals surface area contributed by atoms with Crippen molar-refractivity contribution in [3.8, 4) is 0 Å². The highest BCUT2D eigenvalue weighted by atomic mass is 35.5. The van der Waals surface area contributed by atoms with Gasteiger partial charge in [-0.1, -0.05) is 35.4 Å². The number of benzene rings is 1. The first-order valence-electron chi connectivity index (χ1n) is 4.70. The highest BCUT2D eigenvalue weighted by Crippen LogP contribution is 2.10. The van der Waals surface area contributed by atoms with E-state index >= 15 is 0 Å². The Labute approximate surface area is 95.1 Å². The van der Waals surface area contributed by atoms with E-state index in [2.05, 4.69) is 0 Å². The van der Waals surface area contributed by atoms with Crippen LogP contribution in [0.15, 0.2) is 42.0 Å². The van der Waals surface area contributed by atoms with Crippen molar-refractivity contribution in [1.82, 2.24) is 0 Å². The maximum Gasteiger partial charge on any atom is 0.178 e. The largest absolute Gasteiger partial charge is 0.290 e. The van der Waals surface area contributed by atoms with E-state index in [-0.39, 0.29) is 5.78 Å². The van der Waals surface area contributed by atoms with Gasteiger partial charge in [0.25, 0.3) is 0 Å². The minimum absolute atomic E-state index is 0.00458. The van der Waals surface area contributed by atoms with Crippen LogP contribution in [0.5, 0.6) is 0 Å². The zero-order valence-electron chi connectivity index (χ0n) is 8.83. The maximum absolute atomic E-state index is 11.3. The molecular formula is C13H13ClO. The van der Waals surface area contributed by atoms with Gasteiger partial charge in [-0.2, -0.15) is 0 Å². The molecule has 1 nitrogen and oxygen atoms in total. The summed E-state index contributed by atoms with van der Waals surface area (Å²) in [5, 5.41) is 0.697. The van der Waals surface area contributed by atoms with Crippen LogP contribution in [0.2, 0.25) is 5.02 Å². The molecule has 0 atom stereocenters. The predicted octanol–water partition coefficient (Wildman–Crippen LogP) is 3.89. The highest BCUT2D eigenvalue weighted by Gasteiger charge is 1.91. The zero-order chi connectivity index (χ0) is 11.3. The number of halogens is 1. The van der Waals surface area contributed by atoms with E-state index < -0.39 is 0 Å². The van der Waals surface area contributed by atoms with Gasteiger partial charge in [0.1, 0.15) is 0 Å². The molecule has 0 heterocycles. The SMILES string of the molecule is CC(C)=CC(=O)/C=C\c1ccc(Cl)cc1. The Balaban J connectivity index is 2.70. The van der Waals surface area contributed by atoms with E-state index in [0.29, 0.717) is 5.02 Å². The molecule has 1 aromatic carbocycles. The molecular weight excluding hydrogens is 208 g/mol. The summed E-state index contributed by atoms with van der Waals surface area (Å²) in [7, 11) is 0. The third-order valence-electron chi connectivity index (χ3n) is 1.74. The van der Waals surface area contributed by atoms with Crippen LogP contribution in [-0.2, 0) is 4.79 Å². The Bertz CT molecular complexity index is 395. The van der Waals surface area contributed by atoms with Crippen LogP contribution in [-0.4, -0.2) is 5.78 Å². The van der Waals surface area contributed by atoms with Crippen molar-refractivity contribution >= 4 is 23.5 Å². The Hall–Kier alpha value is -1.34. The number of ketones is 1. The molecule has 1 aromatic rings. The standard InChI is InChI=1S/C13H13ClO/c1-10(2)9-13(15)8-5-11-3-6-12(14)7-4-11/h3-9H,1-2H3/b8-5-. The van der Waals surface area contributed by atoms with Gasteiger partial charge in [0.05, 0.1) is 0 Å². The smallest absolute Gasteiger partial charge is 0.178 e. The van der Waals surface area contributed by atoms with Crippen molar-refractivity contribution in [3.05, 3.63) is 52.6 Å². The van der Waals surface area contributed by atoms with Gasteiger partial charge in [0, 0.05) is 5.02 Å². The van der Waals surface area contributed by atoms with Crippen molar-refractivity contribution in [2.45, 2.75) is 13.8 Å². The molecule has 0 aromatic heterocycles. The second-order valence-electron chi connectivity index (χ2n) is 3.51. The number of carbonyl (C=O) groups excluding carboxylic acids is 1. The average molecular weight is 221 g/mol. The third-order valence-corrected chi connectivity index (χ3v) is 1.99. The first-order valence-corrected chi connectivity index (χ1v) is 5.08. The molecule has 0 radical (unpaired) electrons. The van der Waals surface area contributed by atoms with Crippen LogP contribution < -0.4 is 0 Å². The Morgan fingerprint density at radius 3 is 2.33 bits per heavy atom. The molecule has 0 aliphatic heterocycles. The molecule has 2 heteroatoms. The van der Waals surface area contributed by atoms with Crippen LogP contribution in [0.4, 0.5) is 0 Å². The molecule has 0 spiro atoms. The van der Waals surface area contributed by atoms with Gasteiger partial charge in [-0.15, -0.1) is 0 Å². The monoisotopic (exact) mass is 220 g/mol. The molecule has 78 valence electrons. The van der Waals surface area contributed by atoms with Crippen molar-refractivity contribution in [2.24, 2.45) is 0 Å². The first-order chi connectivity index (χ1) is 7.08. The number of carbonyl (C=O) groups is 1. The summed E-state index contributed by atoms with van der Waals surface area (Å²) >= 11 is 5.74. The van der Waals surface area contributed by atoms with E-state index in [4.69, 9.17) is 11.6 Å². The first kappa shape index (κ1) is 11.7. The molecule has 0 amide bonds. The normalized spacial score (nSPS) is 10.3. The van der Waals surface area contributed by atoms with Gasteiger partial charge in [0.15, 0.2) is 5.78 Å². The van der Waals surface area contributed by atoms with E-state index in [1.54, 1.807) is 30.4 Å². The lowest BCUT2D eigenvalue weighted by atomic mass is 10.2. The molecule has 0 aliphatic carbocycles. The minimum Gasteiger partial charge on any atom is -0.290 e. The van der Waals surface area contributed by atoms with Gasteiger partial charge in [0.2, 0.25) is 0 Å². The summed E-state index contributed by atoms with van der Waals surface area (Å²) in [6.45, 7) is 3.79. The van der Waals surface area contributed by atoms with Crippen molar-refractivity contribution in [3.63, 3.8) is 0 Å². The van der Waals surface area contributed by atoms with Gasteiger partial charge in [-0.05, 0) is 43.7 Å². The van der Waals surface area contributed by atoms with E-state index in [1.165, 1.54) is 0 Å². The highest BCUT2D eigenvalue weighted by molar-refractivity contribution is 6.30. The summed E-state index contributed by atoms with van der Waals surface area (Å²) in [5.74, 6) is 0.00458. The maximum atomic E-state index is 11.3. The quantitative estimate of drug-likeness (QED) is 0.707. The topological polar surface area (TPSA) is 17.1 Å². The summed E-state index contributed by atoms with van der Waals surface area (Å²) in [6.07, 6.45) is 4.93. The average Bonchev–Trinajstić information content (AvgIpc) is 2.16. The molecule has 1 rings (SSSR count). The molecule has 0 saturated carbocycles. The van der Waals surface area contributed by atoms with Crippen LogP contribution in [0.1, 0.15) is 19.4 Å². The number of hydrogen-bond donors (Lipinski definition) is 0. The van der Waals surface area contributed by atoms with Crippen LogP contribution in [0.25, 0.3) is 6.08 Å². The van der Waals surface area contributed by atoms with Crippen LogP contribution in [0.3, 0.4) is 0 Å². The molecule has 0 saturated heterocycles. The predicted molar refractivity (Wildman–Crippen MR) is 64.9 cm³/mol. The Morgan fingerprint density at radius 2 is 1.80 bits per heavy atom. The summed E-state index contributed by atoms with van der Waals surface area (Å²) < 4.78 is 0. The van der Waals surface area contributed by atoms with Gasteiger partial charge in [-0.25, -0.2) is 0 Å². The number of allylic oxidation sites excluding steroid dienone is 3. The zero-order valence-corrected chi connectivity index (χ0v) is 9.58. The summed E-state index contributed by atoms with van der Waals surface area (Å²) in [6, 6.07) is 7.34. The number of hydrogen-bond acceptors (Lipinski definition) is 1. The van der Waals surface area contributed by atoms with Crippen LogP contribution >= 0.6 is 11.6 Å². The van der Waals surface area contributed by atoms with Gasteiger partial charge >= 0.3 is 0 Å². The van der Waals surface area contributed by atoms with Crippen molar-refractivity contribution < 1.29 is 4.79 Å². The Morgan fingerprint density at radius 1 is 1.20 bits per heavy atom. The molecule has 0 fully saturated rings. The minimum atomic E-state index is 0.00458.